The van der Waals surface area contributed by atoms with E-state index in [-0.39, 0.29) is 24.2 Å². The Balaban J connectivity index is 1.41. The zero-order valence-electron chi connectivity index (χ0n) is 17.2. The van der Waals surface area contributed by atoms with E-state index in [0.717, 1.165) is 53.2 Å². The first-order valence-electron chi connectivity index (χ1n) is 10.6. The monoisotopic (exact) mass is 418 g/mol. The molecule has 2 aromatic carbocycles. The summed E-state index contributed by atoms with van der Waals surface area (Å²) in [6, 6.07) is 7.70. The third kappa shape index (κ3) is 2.80. The molecule has 0 unspecified atom stereocenters. The Morgan fingerprint density at radius 2 is 1.90 bits per heavy atom. The van der Waals surface area contributed by atoms with Crippen LogP contribution in [0.15, 0.2) is 38.6 Å². The van der Waals surface area contributed by atoms with Gasteiger partial charge in [0, 0.05) is 17.5 Å². The molecule has 3 aromatic rings. The second-order valence-electron chi connectivity index (χ2n) is 8.40. The van der Waals surface area contributed by atoms with Crippen LogP contribution in [0.5, 0.6) is 17.2 Å². The summed E-state index contributed by atoms with van der Waals surface area (Å²) in [6.07, 6.45) is 4.07. The first-order valence-corrected chi connectivity index (χ1v) is 10.6. The van der Waals surface area contributed by atoms with Gasteiger partial charge in [-0.15, -0.1) is 0 Å². The predicted molar refractivity (Wildman–Crippen MR) is 115 cm³/mol. The maximum absolute atomic E-state index is 12.4. The summed E-state index contributed by atoms with van der Waals surface area (Å²) in [6.45, 7) is 2.15. The third-order valence-corrected chi connectivity index (χ3v) is 6.52. The van der Waals surface area contributed by atoms with Gasteiger partial charge in [0.15, 0.2) is 11.5 Å². The van der Waals surface area contributed by atoms with Crippen molar-refractivity contribution >= 4 is 16.7 Å². The van der Waals surface area contributed by atoms with E-state index >= 15 is 0 Å². The predicted octanol–water partition coefficient (Wildman–Crippen LogP) is 3.85. The number of nitrogens with zero attached hydrogens (tertiary/aromatic N) is 1. The average Bonchev–Trinajstić information content (AvgIpc) is 3.43. The van der Waals surface area contributed by atoms with Crippen molar-refractivity contribution in [1.29, 1.82) is 0 Å². The summed E-state index contributed by atoms with van der Waals surface area (Å²) in [5.41, 5.74) is 8.36. The van der Waals surface area contributed by atoms with Crippen molar-refractivity contribution in [1.82, 2.24) is 5.43 Å². The second kappa shape index (κ2) is 6.77. The first-order chi connectivity index (χ1) is 15.1. The number of aromatic hydroxyl groups is 1. The SMILES string of the molecule is Cc1cc2oc(=O)c3c(c2c(O)c1C1=NN[C@H](c2ccc4c(c2)OCO4)C1)CCCC3. The number of phenols is 1. The molecule has 1 atom stereocenters. The maximum atomic E-state index is 12.4. The van der Waals surface area contributed by atoms with Crippen molar-refractivity contribution in [3.63, 3.8) is 0 Å². The number of rotatable bonds is 2. The minimum absolute atomic E-state index is 0.0263. The standard InChI is InChI=1S/C24H22N2O5/c1-12-8-20-22(14-4-2-3-5-15(14)24(28)31-20)23(27)21(12)17-10-16(25-26-17)13-6-7-18-19(9-13)30-11-29-18/h6-9,16,25,27H,2-5,10-11H2,1H3/t16-/m0/s1. The van der Waals surface area contributed by atoms with Crippen molar-refractivity contribution < 1.29 is 19.0 Å². The van der Waals surface area contributed by atoms with E-state index in [0.29, 0.717) is 34.9 Å². The molecule has 3 heterocycles. The van der Waals surface area contributed by atoms with Gasteiger partial charge >= 0.3 is 5.63 Å². The van der Waals surface area contributed by atoms with Crippen LogP contribution in [-0.4, -0.2) is 17.6 Å². The van der Waals surface area contributed by atoms with Crippen LogP contribution in [0.25, 0.3) is 11.0 Å². The second-order valence-corrected chi connectivity index (χ2v) is 8.40. The van der Waals surface area contributed by atoms with Gasteiger partial charge in [-0.1, -0.05) is 6.07 Å². The summed E-state index contributed by atoms with van der Waals surface area (Å²) in [5.74, 6) is 1.64. The van der Waals surface area contributed by atoms with Gasteiger partial charge in [0.2, 0.25) is 6.79 Å². The van der Waals surface area contributed by atoms with E-state index in [1.807, 2.05) is 31.2 Å². The molecule has 0 radical (unpaired) electrons. The van der Waals surface area contributed by atoms with Gasteiger partial charge in [0.05, 0.1) is 17.1 Å². The van der Waals surface area contributed by atoms with E-state index in [4.69, 9.17) is 13.9 Å². The summed E-state index contributed by atoms with van der Waals surface area (Å²) in [4.78, 5) is 12.4. The minimum Gasteiger partial charge on any atom is -0.506 e. The fraction of sp³-hybridized carbons (Fsp3) is 0.333. The molecule has 2 aliphatic heterocycles. The Hall–Kier alpha value is -3.48. The highest BCUT2D eigenvalue weighted by molar-refractivity contribution is 6.09. The van der Waals surface area contributed by atoms with Gasteiger partial charge in [-0.3, -0.25) is 0 Å². The number of benzene rings is 2. The molecule has 0 saturated carbocycles. The van der Waals surface area contributed by atoms with Crippen LogP contribution in [0.4, 0.5) is 0 Å². The first kappa shape index (κ1) is 18.3. The van der Waals surface area contributed by atoms with Crippen molar-refractivity contribution in [2.75, 3.05) is 6.79 Å². The van der Waals surface area contributed by atoms with Gasteiger partial charge in [-0.05, 0) is 67.5 Å². The number of ether oxygens (including phenoxy) is 2. The molecular weight excluding hydrogens is 396 g/mol. The highest BCUT2D eigenvalue weighted by Gasteiger charge is 2.29. The van der Waals surface area contributed by atoms with E-state index in [2.05, 4.69) is 10.5 Å². The highest BCUT2D eigenvalue weighted by Crippen LogP contribution is 2.40. The lowest BCUT2D eigenvalue weighted by molar-refractivity contribution is 0.174. The molecule has 0 fully saturated rings. The molecule has 0 saturated heterocycles. The Kier molecular flexibility index (Phi) is 4.00. The topological polar surface area (TPSA) is 93.3 Å². The molecule has 158 valence electrons. The van der Waals surface area contributed by atoms with Crippen LogP contribution in [0.1, 0.15) is 53.1 Å². The van der Waals surface area contributed by atoms with E-state index < -0.39 is 0 Å². The molecule has 1 aliphatic carbocycles. The number of hydrazone groups is 1. The summed E-state index contributed by atoms with van der Waals surface area (Å²) < 4.78 is 16.5. The summed E-state index contributed by atoms with van der Waals surface area (Å²) >= 11 is 0. The lowest BCUT2D eigenvalue weighted by Crippen LogP contribution is -2.16. The van der Waals surface area contributed by atoms with Gasteiger partial charge in [0.25, 0.3) is 0 Å². The zero-order valence-corrected chi connectivity index (χ0v) is 17.2. The smallest absolute Gasteiger partial charge is 0.339 e. The molecule has 7 nitrogen and oxygen atoms in total. The largest absolute Gasteiger partial charge is 0.506 e. The van der Waals surface area contributed by atoms with Gasteiger partial charge in [-0.2, -0.15) is 5.10 Å². The highest BCUT2D eigenvalue weighted by atomic mass is 16.7. The number of hydrogen-bond acceptors (Lipinski definition) is 7. The average molecular weight is 418 g/mol. The fourth-order valence-corrected chi connectivity index (χ4v) is 4.99. The zero-order chi connectivity index (χ0) is 21.1. The summed E-state index contributed by atoms with van der Waals surface area (Å²) in [5, 5.41) is 16.5. The Bertz CT molecular complexity index is 1320. The lowest BCUT2D eigenvalue weighted by atomic mass is 9.87. The van der Waals surface area contributed by atoms with Crippen molar-refractivity contribution in [2.45, 2.75) is 45.1 Å². The van der Waals surface area contributed by atoms with Crippen molar-refractivity contribution in [3.8, 4) is 17.2 Å². The van der Waals surface area contributed by atoms with Crippen molar-refractivity contribution in [2.24, 2.45) is 5.10 Å². The maximum Gasteiger partial charge on any atom is 0.339 e. The molecule has 3 aliphatic rings. The molecular formula is C24H22N2O5. The lowest BCUT2D eigenvalue weighted by Gasteiger charge is -2.19. The molecule has 6 rings (SSSR count). The van der Waals surface area contributed by atoms with Gasteiger partial charge in [-0.25, -0.2) is 4.79 Å². The number of aryl methyl sites for hydroxylation is 2. The molecule has 7 heteroatoms. The molecule has 0 spiro atoms. The minimum atomic E-state index is -0.281. The number of nitrogens with one attached hydrogen (secondary N) is 1. The van der Waals surface area contributed by atoms with E-state index in [9.17, 15) is 9.90 Å². The van der Waals surface area contributed by atoms with Crippen LogP contribution >= 0.6 is 0 Å². The van der Waals surface area contributed by atoms with Gasteiger partial charge < -0.3 is 24.4 Å². The van der Waals surface area contributed by atoms with Crippen LogP contribution in [0.2, 0.25) is 0 Å². The molecule has 31 heavy (non-hydrogen) atoms. The Morgan fingerprint density at radius 3 is 2.77 bits per heavy atom. The number of hydrogen-bond donors (Lipinski definition) is 2. The molecule has 1 aromatic heterocycles. The third-order valence-electron chi connectivity index (χ3n) is 6.52. The van der Waals surface area contributed by atoms with Crippen LogP contribution in [0, 0.1) is 6.92 Å². The van der Waals surface area contributed by atoms with E-state index in [1.54, 1.807) is 0 Å². The quantitative estimate of drug-likeness (QED) is 0.614. The Labute approximate surface area is 178 Å². The number of phenolic OH excluding ortho intramolecular Hbond substituents is 1. The fourth-order valence-electron chi connectivity index (χ4n) is 4.99. The van der Waals surface area contributed by atoms with Crippen LogP contribution < -0.4 is 20.5 Å². The van der Waals surface area contributed by atoms with Gasteiger partial charge in [0.1, 0.15) is 11.3 Å². The van der Waals surface area contributed by atoms with Crippen LogP contribution in [0.3, 0.4) is 0 Å². The normalized spacial score (nSPS) is 19.3. The van der Waals surface area contributed by atoms with E-state index in [1.165, 1.54) is 0 Å². The van der Waals surface area contributed by atoms with Crippen molar-refractivity contribution in [3.05, 3.63) is 62.5 Å². The molecule has 2 N–H and O–H groups in total. The molecule has 0 bridgehead atoms. The molecule has 0 amide bonds. The summed E-state index contributed by atoms with van der Waals surface area (Å²) in [7, 11) is 0. The van der Waals surface area contributed by atoms with Crippen LogP contribution in [-0.2, 0) is 12.8 Å². The number of fused-ring (bicyclic) bond motifs is 4. The Morgan fingerprint density at radius 1 is 1.10 bits per heavy atom.